The van der Waals surface area contributed by atoms with Gasteiger partial charge >= 0.3 is 10.2 Å². The van der Waals surface area contributed by atoms with E-state index in [1.54, 1.807) is 6.92 Å². The van der Waals surface area contributed by atoms with Crippen LogP contribution in [0.3, 0.4) is 0 Å². The highest BCUT2D eigenvalue weighted by Gasteiger charge is 2.18. The summed E-state index contributed by atoms with van der Waals surface area (Å²) in [6.07, 6.45) is 2.85. The smallest absolute Gasteiger partial charge is 0.346 e. The fraction of sp³-hybridized carbons (Fsp3) is 0.400. The lowest BCUT2D eigenvalue weighted by molar-refractivity contribution is 0.512. The van der Waals surface area contributed by atoms with Gasteiger partial charge in [0.25, 0.3) is 0 Å². The lowest BCUT2D eigenvalue weighted by Crippen LogP contribution is -2.29. The van der Waals surface area contributed by atoms with Crippen LogP contribution < -0.4 is 5.73 Å². The molecule has 0 atom stereocenters. The maximum atomic E-state index is 11.0. The largest absolute Gasteiger partial charge is 0.383 e. The van der Waals surface area contributed by atoms with Gasteiger partial charge in [-0.05, 0) is 13.0 Å². The minimum atomic E-state index is -3.51. The van der Waals surface area contributed by atoms with E-state index >= 15 is 0 Å². The van der Waals surface area contributed by atoms with E-state index in [1.165, 1.54) is 12.3 Å². The Morgan fingerprint density at radius 1 is 1.73 bits per heavy atom. The predicted octanol–water partition coefficient (Wildman–Crippen LogP) is -0.562. The second-order valence-electron chi connectivity index (χ2n) is 2.01. The molecule has 0 radical (unpaired) electrons. The molecule has 0 aliphatic carbocycles. The molecule has 0 aromatic heterocycles. The minimum absolute atomic E-state index is 0.0229. The highest BCUT2D eigenvalue weighted by Crippen LogP contribution is 2.07. The molecule has 0 aromatic rings. The van der Waals surface area contributed by atoms with E-state index in [9.17, 15) is 8.42 Å². The molecule has 1 aliphatic heterocycles. The third-order valence-corrected chi connectivity index (χ3v) is 2.65. The molecule has 2 N–H and O–H groups in total. The summed E-state index contributed by atoms with van der Waals surface area (Å²) in [5.74, 6) is 0.0229. The number of nitrogens with two attached hydrogens (primary N) is 1. The van der Waals surface area contributed by atoms with Crippen molar-refractivity contribution in [2.45, 2.75) is 6.92 Å². The molecular weight excluding hydrogens is 166 g/mol. The molecule has 0 unspecified atom stereocenters. The topological polar surface area (TPSA) is 75.8 Å². The molecule has 0 saturated heterocycles. The first-order valence-corrected chi connectivity index (χ1v) is 4.51. The molecule has 1 heterocycles. The molecule has 5 nitrogen and oxygen atoms in total. The summed E-state index contributed by atoms with van der Waals surface area (Å²) in [4.78, 5) is 0. The van der Waals surface area contributed by atoms with E-state index in [-0.39, 0.29) is 5.84 Å². The predicted molar refractivity (Wildman–Crippen MR) is 42.1 cm³/mol. The van der Waals surface area contributed by atoms with Crippen molar-refractivity contribution in [2.75, 3.05) is 6.54 Å². The molecule has 11 heavy (non-hydrogen) atoms. The zero-order chi connectivity index (χ0) is 8.48. The Balaban J connectivity index is 3.04. The van der Waals surface area contributed by atoms with Gasteiger partial charge in [-0.2, -0.15) is 8.42 Å². The second-order valence-corrected chi connectivity index (χ2v) is 3.56. The fourth-order valence-electron chi connectivity index (χ4n) is 0.721. The molecular formula is C5H9N3O2S. The number of rotatable bonds is 1. The fourth-order valence-corrected chi connectivity index (χ4v) is 1.69. The highest BCUT2D eigenvalue weighted by atomic mass is 32.2. The molecule has 0 fully saturated rings. The van der Waals surface area contributed by atoms with Crippen molar-refractivity contribution in [3.63, 3.8) is 0 Å². The summed E-state index contributed by atoms with van der Waals surface area (Å²) in [6.45, 7) is 2.09. The molecule has 0 saturated carbocycles. The first-order chi connectivity index (χ1) is 5.06. The van der Waals surface area contributed by atoms with Crippen molar-refractivity contribution in [1.29, 1.82) is 0 Å². The molecule has 6 heteroatoms. The summed E-state index contributed by atoms with van der Waals surface area (Å²) in [7, 11) is -3.51. The Bertz CT molecular complexity index is 304. The summed E-state index contributed by atoms with van der Waals surface area (Å²) in [5, 5.41) is 0. The van der Waals surface area contributed by atoms with Crippen molar-refractivity contribution in [1.82, 2.24) is 4.31 Å². The van der Waals surface area contributed by atoms with Gasteiger partial charge in [-0.25, -0.2) is 0 Å². The Morgan fingerprint density at radius 2 is 2.36 bits per heavy atom. The quantitative estimate of drug-likeness (QED) is 0.580. The monoisotopic (exact) mass is 175 g/mol. The van der Waals surface area contributed by atoms with E-state index < -0.39 is 10.2 Å². The van der Waals surface area contributed by atoms with E-state index in [1.807, 2.05) is 0 Å². The maximum Gasteiger partial charge on any atom is 0.346 e. The van der Waals surface area contributed by atoms with Crippen LogP contribution in [-0.2, 0) is 10.2 Å². The van der Waals surface area contributed by atoms with Crippen molar-refractivity contribution in [3.05, 3.63) is 12.3 Å². The van der Waals surface area contributed by atoms with Gasteiger partial charge in [0.15, 0.2) is 0 Å². The van der Waals surface area contributed by atoms with Gasteiger partial charge in [0.2, 0.25) is 0 Å². The van der Waals surface area contributed by atoms with Crippen LogP contribution in [-0.4, -0.2) is 25.1 Å². The first kappa shape index (κ1) is 8.06. The van der Waals surface area contributed by atoms with Crippen molar-refractivity contribution >= 4 is 16.0 Å². The maximum absolute atomic E-state index is 11.0. The zero-order valence-corrected chi connectivity index (χ0v) is 6.87. The lowest BCUT2D eigenvalue weighted by Gasteiger charge is -2.17. The summed E-state index contributed by atoms with van der Waals surface area (Å²) < 4.78 is 26.4. The standard InChI is InChI=1S/C5H9N3O2S/c1-2-8-4-3-5(6)7-11(8,9)10/h3-4H,2H2,1H3,(H2,6,7). The van der Waals surface area contributed by atoms with Crippen LogP contribution in [0.4, 0.5) is 0 Å². The third kappa shape index (κ3) is 1.51. The Labute approximate surface area is 65.4 Å². The van der Waals surface area contributed by atoms with Crippen LogP contribution in [0.1, 0.15) is 6.92 Å². The number of nitrogens with zero attached hydrogens (tertiary/aromatic N) is 2. The van der Waals surface area contributed by atoms with Gasteiger partial charge in [-0.15, -0.1) is 4.40 Å². The van der Waals surface area contributed by atoms with Crippen LogP contribution in [0.25, 0.3) is 0 Å². The van der Waals surface area contributed by atoms with Crippen molar-refractivity contribution in [2.24, 2.45) is 10.1 Å². The van der Waals surface area contributed by atoms with E-state index in [2.05, 4.69) is 4.40 Å². The Morgan fingerprint density at radius 3 is 2.82 bits per heavy atom. The molecule has 0 aromatic carbocycles. The van der Waals surface area contributed by atoms with Crippen LogP contribution in [0.15, 0.2) is 16.7 Å². The van der Waals surface area contributed by atoms with Crippen LogP contribution >= 0.6 is 0 Å². The minimum Gasteiger partial charge on any atom is -0.383 e. The van der Waals surface area contributed by atoms with Crippen LogP contribution in [0.2, 0.25) is 0 Å². The molecule has 0 spiro atoms. The summed E-state index contributed by atoms with van der Waals surface area (Å²) in [5.41, 5.74) is 5.18. The summed E-state index contributed by atoms with van der Waals surface area (Å²) >= 11 is 0. The molecule has 62 valence electrons. The van der Waals surface area contributed by atoms with Gasteiger partial charge in [-0.1, -0.05) is 0 Å². The zero-order valence-electron chi connectivity index (χ0n) is 6.06. The number of hydrogen-bond donors (Lipinski definition) is 1. The second kappa shape index (κ2) is 2.54. The Hall–Kier alpha value is -1.04. The van der Waals surface area contributed by atoms with E-state index in [0.29, 0.717) is 6.54 Å². The average Bonchev–Trinajstić information content (AvgIpc) is 1.85. The number of amidine groups is 1. The van der Waals surface area contributed by atoms with Crippen molar-refractivity contribution < 1.29 is 8.42 Å². The van der Waals surface area contributed by atoms with E-state index in [4.69, 9.17) is 5.73 Å². The SMILES string of the molecule is CCN1C=CC(N)=NS1(=O)=O. The van der Waals surface area contributed by atoms with Gasteiger partial charge in [0.1, 0.15) is 5.84 Å². The van der Waals surface area contributed by atoms with Gasteiger partial charge < -0.3 is 5.73 Å². The van der Waals surface area contributed by atoms with Gasteiger partial charge in [-0.3, -0.25) is 4.31 Å². The van der Waals surface area contributed by atoms with Gasteiger partial charge in [0.05, 0.1) is 0 Å². The normalized spacial score (nSPS) is 21.5. The average molecular weight is 175 g/mol. The molecule has 0 bridgehead atoms. The highest BCUT2D eigenvalue weighted by molar-refractivity contribution is 7.88. The molecule has 0 amide bonds. The summed E-state index contributed by atoms with van der Waals surface area (Å²) in [6, 6.07) is 0. The van der Waals surface area contributed by atoms with Crippen LogP contribution in [0.5, 0.6) is 0 Å². The first-order valence-electron chi connectivity index (χ1n) is 3.11. The van der Waals surface area contributed by atoms with Crippen molar-refractivity contribution in [3.8, 4) is 0 Å². The molecule has 1 rings (SSSR count). The van der Waals surface area contributed by atoms with Gasteiger partial charge in [0, 0.05) is 12.7 Å². The van der Waals surface area contributed by atoms with Crippen LogP contribution in [0, 0.1) is 0 Å². The lowest BCUT2D eigenvalue weighted by atomic mass is 10.5. The van der Waals surface area contributed by atoms with E-state index in [0.717, 1.165) is 4.31 Å². The third-order valence-electron chi connectivity index (χ3n) is 1.24. The Kier molecular flexibility index (Phi) is 1.86. The molecule has 1 aliphatic rings. The number of hydrogen-bond acceptors (Lipinski definition) is 3.